The van der Waals surface area contributed by atoms with Crippen LogP contribution in [0.2, 0.25) is 0 Å². The molecule has 7 heteroatoms. The van der Waals surface area contributed by atoms with E-state index in [2.05, 4.69) is 0 Å². The molecule has 0 aromatic heterocycles. The van der Waals surface area contributed by atoms with Gasteiger partial charge in [-0.25, -0.2) is 0 Å². The second kappa shape index (κ2) is 8.84. The lowest BCUT2D eigenvalue weighted by Crippen LogP contribution is -2.43. The lowest BCUT2D eigenvalue weighted by molar-refractivity contribution is -0.180. The summed E-state index contributed by atoms with van der Waals surface area (Å²) < 4.78 is 15.5. The van der Waals surface area contributed by atoms with Crippen molar-refractivity contribution in [3.05, 3.63) is 0 Å². The molecule has 0 aliphatic rings. The molecule has 0 unspecified atom stereocenters. The van der Waals surface area contributed by atoms with Crippen LogP contribution in [0, 0.1) is 16.2 Å². The van der Waals surface area contributed by atoms with Crippen LogP contribution < -0.4 is 0 Å². The normalized spacial score (nSPS) is 15.0. The molecular weight excluding hydrogens is 340 g/mol. The van der Waals surface area contributed by atoms with Crippen LogP contribution in [0.5, 0.6) is 0 Å². The standard InChI is InChI=1S/C19H34O7/c1-17(2,3)14(21)24-10-12(20)13(26-16(23)19(7,8)9)11-25-15(22)18(4,5)6/h12-13,20H,10-11H2,1-9H3/t12-,13+/m0/s1. The van der Waals surface area contributed by atoms with Crippen molar-refractivity contribution < 1.29 is 33.7 Å². The maximum Gasteiger partial charge on any atom is 0.311 e. The molecule has 0 aromatic carbocycles. The van der Waals surface area contributed by atoms with Gasteiger partial charge in [0.05, 0.1) is 16.2 Å². The Balaban J connectivity index is 5.04. The number of rotatable bonds is 6. The second-order valence-corrected chi connectivity index (χ2v) is 9.46. The van der Waals surface area contributed by atoms with Crippen LogP contribution in [0.15, 0.2) is 0 Å². The largest absolute Gasteiger partial charge is 0.462 e. The number of esters is 3. The SMILES string of the molecule is CC(C)(C)C(=O)OC[C@H](O)[C@@H](COC(=O)C(C)(C)C)OC(=O)C(C)(C)C. The van der Waals surface area contributed by atoms with Gasteiger partial charge in [0, 0.05) is 0 Å². The third-order valence-electron chi connectivity index (χ3n) is 3.29. The van der Waals surface area contributed by atoms with E-state index in [4.69, 9.17) is 14.2 Å². The molecule has 0 amide bonds. The summed E-state index contributed by atoms with van der Waals surface area (Å²) in [5.41, 5.74) is -2.26. The van der Waals surface area contributed by atoms with Crippen molar-refractivity contribution in [1.29, 1.82) is 0 Å². The Morgan fingerprint density at radius 3 is 1.38 bits per heavy atom. The minimum Gasteiger partial charge on any atom is -0.462 e. The van der Waals surface area contributed by atoms with Gasteiger partial charge in [0.25, 0.3) is 0 Å². The van der Waals surface area contributed by atoms with Crippen LogP contribution >= 0.6 is 0 Å². The molecule has 0 aromatic rings. The molecular formula is C19H34O7. The molecule has 0 rings (SSSR count). The Labute approximate surface area is 156 Å². The fraction of sp³-hybridized carbons (Fsp3) is 0.842. The summed E-state index contributed by atoms with van der Waals surface area (Å²) in [6.07, 6.45) is -2.46. The summed E-state index contributed by atoms with van der Waals surface area (Å²) in [6.45, 7) is 14.4. The van der Waals surface area contributed by atoms with Gasteiger partial charge >= 0.3 is 17.9 Å². The summed E-state index contributed by atoms with van der Waals surface area (Å²) in [6, 6.07) is 0. The molecule has 0 fully saturated rings. The molecule has 0 spiro atoms. The molecule has 7 nitrogen and oxygen atoms in total. The summed E-state index contributed by atoms with van der Waals surface area (Å²) in [5, 5.41) is 10.3. The number of carbonyl (C=O) groups is 3. The van der Waals surface area contributed by atoms with Gasteiger partial charge in [-0.3, -0.25) is 14.4 Å². The van der Waals surface area contributed by atoms with E-state index in [1.54, 1.807) is 62.3 Å². The van der Waals surface area contributed by atoms with E-state index in [1.807, 2.05) is 0 Å². The van der Waals surface area contributed by atoms with Crippen LogP contribution in [0.25, 0.3) is 0 Å². The average molecular weight is 374 g/mol. The van der Waals surface area contributed by atoms with Crippen LogP contribution in [0.3, 0.4) is 0 Å². The Kier molecular flexibility index (Phi) is 8.29. The van der Waals surface area contributed by atoms with Crippen molar-refractivity contribution in [2.45, 2.75) is 74.5 Å². The smallest absolute Gasteiger partial charge is 0.311 e. The van der Waals surface area contributed by atoms with E-state index >= 15 is 0 Å². The molecule has 0 aliphatic heterocycles. The first-order chi connectivity index (χ1) is 11.5. The highest BCUT2D eigenvalue weighted by Crippen LogP contribution is 2.20. The van der Waals surface area contributed by atoms with E-state index in [1.165, 1.54) is 0 Å². The van der Waals surface area contributed by atoms with Crippen molar-refractivity contribution in [2.75, 3.05) is 13.2 Å². The molecule has 0 aliphatic carbocycles. The zero-order valence-corrected chi connectivity index (χ0v) is 17.5. The zero-order chi connectivity index (χ0) is 20.9. The third-order valence-corrected chi connectivity index (χ3v) is 3.29. The molecule has 0 heterocycles. The number of hydrogen-bond donors (Lipinski definition) is 1. The number of hydrogen-bond acceptors (Lipinski definition) is 7. The van der Waals surface area contributed by atoms with Gasteiger partial charge in [0.1, 0.15) is 19.3 Å². The predicted octanol–water partition coefficient (Wildman–Crippen LogP) is 2.48. The first kappa shape index (κ1) is 24.4. The number of carbonyl (C=O) groups excluding carboxylic acids is 3. The monoisotopic (exact) mass is 374 g/mol. The second-order valence-electron chi connectivity index (χ2n) is 9.46. The summed E-state index contributed by atoms with van der Waals surface area (Å²) in [5.74, 6) is -1.55. The molecule has 0 saturated heterocycles. The van der Waals surface area contributed by atoms with Crippen molar-refractivity contribution in [3.8, 4) is 0 Å². The topological polar surface area (TPSA) is 99.1 Å². The van der Waals surface area contributed by atoms with Crippen molar-refractivity contribution >= 4 is 17.9 Å². The summed E-state index contributed by atoms with van der Waals surface area (Å²) in [4.78, 5) is 35.9. The van der Waals surface area contributed by atoms with Crippen LogP contribution in [-0.2, 0) is 28.6 Å². The minimum absolute atomic E-state index is 0.327. The van der Waals surface area contributed by atoms with Crippen molar-refractivity contribution in [3.63, 3.8) is 0 Å². The van der Waals surface area contributed by atoms with Crippen molar-refractivity contribution in [2.24, 2.45) is 16.2 Å². The Hall–Kier alpha value is -1.63. The third kappa shape index (κ3) is 8.65. The highest BCUT2D eigenvalue weighted by Gasteiger charge is 2.34. The molecule has 1 N–H and O–H groups in total. The lowest BCUT2D eigenvalue weighted by Gasteiger charge is -2.28. The predicted molar refractivity (Wildman–Crippen MR) is 96.2 cm³/mol. The summed E-state index contributed by atoms with van der Waals surface area (Å²) in [7, 11) is 0. The van der Waals surface area contributed by atoms with Gasteiger partial charge in [-0.2, -0.15) is 0 Å². The Bertz CT molecular complexity index is 503. The first-order valence-electron chi connectivity index (χ1n) is 8.70. The van der Waals surface area contributed by atoms with E-state index < -0.39 is 46.4 Å². The number of ether oxygens (including phenoxy) is 3. The quantitative estimate of drug-likeness (QED) is 0.563. The van der Waals surface area contributed by atoms with Gasteiger partial charge < -0.3 is 19.3 Å². The van der Waals surface area contributed by atoms with E-state index in [-0.39, 0.29) is 13.2 Å². The van der Waals surface area contributed by atoms with E-state index in [9.17, 15) is 19.5 Å². The van der Waals surface area contributed by atoms with Crippen LogP contribution in [0.4, 0.5) is 0 Å². The summed E-state index contributed by atoms with van der Waals surface area (Å²) >= 11 is 0. The van der Waals surface area contributed by atoms with Gasteiger partial charge in [0.2, 0.25) is 0 Å². The maximum atomic E-state index is 12.1. The van der Waals surface area contributed by atoms with Crippen LogP contribution in [-0.4, -0.2) is 48.4 Å². The number of aliphatic hydroxyl groups is 1. The fourth-order valence-electron chi connectivity index (χ4n) is 1.40. The Morgan fingerprint density at radius 1 is 0.692 bits per heavy atom. The lowest BCUT2D eigenvalue weighted by atomic mass is 9.97. The molecule has 0 bridgehead atoms. The van der Waals surface area contributed by atoms with Gasteiger partial charge in [-0.1, -0.05) is 0 Å². The molecule has 152 valence electrons. The highest BCUT2D eigenvalue weighted by atomic mass is 16.6. The molecule has 0 radical (unpaired) electrons. The maximum absolute atomic E-state index is 12.1. The van der Waals surface area contributed by atoms with E-state index in [0.717, 1.165) is 0 Å². The highest BCUT2D eigenvalue weighted by molar-refractivity contribution is 5.76. The van der Waals surface area contributed by atoms with Gasteiger partial charge in [-0.05, 0) is 62.3 Å². The molecule has 0 saturated carbocycles. The van der Waals surface area contributed by atoms with E-state index in [0.29, 0.717) is 0 Å². The zero-order valence-electron chi connectivity index (χ0n) is 17.5. The van der Waals surface area contributed by atoms with Crippen LogP contribution in [0.1, 0.15) is 62.3 Å². The van der Waals surface area contributed by atoms with Gasteiger partial charge in [-0.15, -0.1) is 0 Å². The fourth-order valence-corrected chi connectivity index (χ4v) is 1.40. The minimum atomic E-state index is -1.32. The first-order valence-corrected chi connectivity index (χ1v) is 8.70. The number of aliphatic hydroxyl groups excluding tert-OH is 1. The van der Waals surface area contributed by atoms with Crippen molar-refractivity contribution in [1.82, 2.24) is 0 Å². The van der Waals surface area contributed by atoms with Gasteiger partial charge in [0.15, 0.2) is 6.10 Å². The molecule has 26 heavy (non-hydrogen) atoms. The Morgan fingerprint density at radius 2 is 1.04 bits per heavy atom. The average Bonchev–Trinajstić information content (AvgIpc) is 2.44. The molecule has 2 atom stereocenters.